The number of nitrogens with one attached hydrogen (secondary N) is 2. The number of fused-ring (bicyclic) bond motifs is 5. The Hall–Kier alpha value is -1.63. The molecule has 0 heterocycles. The minimum atomic E-state index is -4.10. The van der Waals surface area contributed by atoms with Crippen molar-refractivity contribution in [1.29, 1.82) is 0 Å². The number of benzene rings is 1. The highest BCUT2D eigenvalue weighted by Crippen LogP contribution is 2.68. The van der Waals surface area contributed by atoms with Crippen molar-refractivity contribution in [3.8, 4) is 0 Å². The summed E-state index contributed by atoms with van der Waals surface area (Å²) >= 11 is 11.9. The van der Waals surface area contributed by atoms with E-state index in [4.69, 9.17) is 32.5 Å². The topological polar surface area (TPSA) is 145 Å². The molecule has 5 rings (SSSR count). The maximum Gasteiger partial charge on any atom is 0.266 e. The van der Waals surface area contributed by atoms with E-state index in [9.17, 15) is 23.1 Å². The maximum absolute atomic E-state index is 12.6. The molecule has 55 heavy (non-hydrogen) atoms. The third kappa shape index (κ3) is 11.1. The quantitative estimate of drug-likeness (QED) is 0.0636. The van der Waals surface area contributed by atoms with Crippen LogP contribution in [0, 0.1) is 46.3 Å². The van der Waals surface area contributed by atoms with Gasteiger partial charge in [-0.3, -0.25) is 14.1 Å². The lowest BCUT2D eigenvalue weighted by molar-refractivity contribution is -0.177. The summed E-state index contributed by atoms with van der Waals surface area (Å²) in [7, 11) is -4.10. The van der Waals surface area contributed by atoms with Crippen molar-refractivity contribution < 1.29 is 32.4 Å². The summed E-state index contributed by atoms with van der Waals surface area (Å²) in [6.45, 7) is 9.49. The number of carbonyl (C=O) groups is 2. The molecule has 4 aliphatic carbocycles. The largest absolute Gasteiger partial charge is 0.393 e. The van der Waals surface area contributed by atoms with Crippen LogP contribution in [0.5, 0.6) is 0 Å². The Morgan fingerprint density at radius 3 is 2.33 bits per heavy atom. The zero-order chi connectivity index (χ0) is 39.8. The van der Waals surface area contributed by atoms with Crippen LogP contribution in [-0.2, 0) is 30.9 Å². The molecule has 0 bridgehead atoms. The Kier molecular flexibility index (Phi) is 16.1. The molecule has 0 radical (unpaired) electrons. The van der Waals surface area contributed by atoms with Gasteiger partial charge >= 0.3 is 0 Å². The third-order valence-corrected chi connectivity index (χ3v) is 15.7. The highest BCUT2D eigenvalue weighted by molar-refractivity contribution is 7.85. The van der Waals surface area contributed by atoms with Crippen molar-refractivity contribution in [2.24, 2.45) is 46.3 Å². The number of aliphatic hydroxyl groups is 1. The minimum absolute atomic E-state index is 0.0656. The van der Waals surface area contributed by atoms with E-state index in [2.05, 4.69) is 60.6 Å². The van der Waals surface area contributed by atoms with Crippen LogP contribution in [0.2, 0.25) is 0 Å². The smallest absolute Gasteiger partial charge is 0.266 e. The highest BCUT2D eigenvalue weighted by atomic mass is 35.5. The van der Waals surface area contributed by atoms with Gasteiger partial charge in [-0.05, 0) is 135 Å². The van der Waals surface area contributed by atoms with Gasteiger partial charge in [0.15, 0.2) is 0 Å². The Morgan fingerprint density at radius 2 is 1.64 bits per heavy atom. The fourth-order valence-electron chi connectivity index (χ4n) is 11.7. The van der Waals surface area contributed by atoms with Crippen LogP contribution in [0.25, 0.3) is 0 Å². The van der Waals surface area contributed by atoms with E-state index in [1.54, 1.807) is 0 Å². The van der Waals surface area contributed by atoms with Crippen LogP contribution in [0.15, 0.2) is 24.3 Å². The molecule has 10 atom stereocenters. The molecule has 0 aromatic heterocycles. The molecule has 4 fully saturated rings. The first-order valence-corrected chi connectivity index (χ1v) is 23.6. The summed E-state index contributed by atoms with van der Waals surface area (Å²) in [4.78, 5) is 27.2. The molecule has 13 heteroatoms. The zero-order valence-electron chi connectivity index (χ0n) is 33.3. The second kappa shape index (κ2) is 19.9. The second-order valence-electron chi connectivity index (χ2n) is 17.6. The lowest BCUT2D eigenvalue weighted by atomic mass is 9.43. The van der Waals surface area contributed by atoms with Crippen LogP contribution < -0.4 is 15.5 Å². The van der Waals surface area contributed by atoms with E-state index in [-0.39, 0.29) is 47.3 Å². The average Bonchev–Trinajstić information content (AvgIpc) is 3.51. The number of hydrogen-bond acceptors (Lipinski definition) is 7. The monoisotopic (exact) mass is 827 g/mol. The van der Waals surface area contributed by atoms with Crippen molar-refractivity contribution in [3.05, 3.63) is 29.8 Å². The zero-order valence-corrected chi connectivity index (χ0v) is 35.7. The Bertz CT molecular complexity index is 1510. The molecule has 0 spiro atoms. The molecule has 1 aromatic carbocycles. The van der Waals surface area contributed by atoms with Gasteiger partial charge in [-0.2, -0.15) is 8.42 Å². The summed E-state index contributed by atoms with van der Waals surface area (Å²) in [6, 6.07) is 8.44. The first kappa shape index (κ1) is 44.5. The van der Waals surface area contributed by atoms with Gasteiger partial charge in [0, 0.05) is 56.5 Å². The number of anilines is 1. The molecule has 2 unspecified atom stereocenters. The van der Waals surface area contributed by atoms with Gasteiger partial charge in [0.05, 0.1) is 24.6 Å². The number of alkyl halides is 2. The van der Waals surface area contributed by atoms with Crippen molar-refractivity contribution in [2.45, 2.75) is 116 Å². The van der Waals surface area contributed by atoms with Gasteiger partial charge in [0.1, 0.15) is 0 Å². The van der Waals surface area contributed by atoms with E-state index in [1.165, 1.54) is 18.4 Å². The van der Waals surface area contributed by atoms with Crippen LogP contribution in [0.4, 0.5) is 5.69 Å². The number of aryl methyl sites for hydroxylation is 1. The van der Waals surface area contributed by atoms with Crippen LogP contribution in [0.3, 0.4) is 0 Å². The molecule has 1 aromatic rings. The van der Waals surface area contributed by atoms with Crippen LogP contribution >= 0.6 is 23.2 Å². The molecule has 4 aliphatic rings. The number of rotatable bonds is 20. The lowest BCUT2D eigenvalue weighted by Crippen LogP contribution is -2.59. The molecule has 0 saturated heterocycles. The first-order valence-electron chi connectivity index (χ1n) is 20.9. The van der Waals surface area contributed by atoms with E-state index in [0.717, 1.165) is 70.1 Å². The fraction of sp³-hybridized carbons (Fsp3) is 0.810. The normalized spacial score (nSPS) is 32.2. The van der Waals surface area contributed by atoms with E-state index in [0.29, 0.717) is 73.8 Å². The van der Waals surface area contributed by atoms with Gasteiger partial charge in [-0.15, -0.1) is 23.2 Å². The van der Waals surface area contributed by atoms with E-state index < -0.39 is 15.9 Å². The fourth-order valence-corrected chi connectivity index (χ4v) is 12.4. The average molecular weight is 829 g/mol. The molecule has 4 saturated carbocycles. The number of nitrogens with zero attached hydrogens (tertiary/aromatic N) is 1. The molecule has 2 amide bonds. The second-order valence-corrected chi connectivity index (χ2v) is 19.9. The van der Waals surface area contributed by atoms with Gasteiger partial charge in [-0.25, -0.2) is 0 Å². The maximum atomic E-state index is 12.6. The van der Waals surface area contributed by atoms with Crippen molar-refractivity contribution in [2.75, 3.05) is 55.2 Å². The summed E-state index contributed by atoms with van der Waals surface area (Å²) in [6.07, 6.45) is 11.6. The molecule has 0 aliphatic heterocycles. The molecular weight excluding hydrogens is 761 g/mol. The summed E-state index contributed by atoms with van der Waals surface area (Å²) < 4.78 is 37.3. The molecule has 10 nitrogen and oxygen atoms in total. The number of aliphatic hydroxyl groups excluding tert-OH is 1. The van der Waals surface area contributed by atoms with Crippen molar-refractivity contribution in [1.82, 2.24) is 10.6 Å². The Labute approximate surface area is 340 Å². The molecular formula is C42H67Cl2N3O7S. The van der Waals surface area contributed by atoms with Gasteiger partial charge < -0.3 is 25.4 Å². The predicted molar refractivity (Wildman–Crippen MR) is 220 cm³/mol. The van der Waals surface area contributed by atoms with Gasteiger partial charge in [0.25, 0.3) is 10.1 Å². The predicted octanol–water partition coefficient (Wildman–Crippen LogP) is 6.84. The summed E-state index contributed by atoms with van der Waals surface area (Å²) in [5.41, 5.74) is 2.35. The Morgan fingerprint density at radius 1 is 0.945 bits per heavy atom. The first-order chi connectivity index (χ1) is 26.2. The van der Waals surface area contributed by atoms with Gasteiger partial charge in [-0.1, -0.05) is 32.9 Å². The van der Waals surface area contributed by atoms with Gasteiger partial charge in [0.2, 0.25) is 11.8 Å². The SMILES string of the molecule is CC(CCC(=O)NCCS(=O)(=O)O)C1CC[C@H]2[C@@H]3CC[C@@H]4C[C@@H](OCCNC(=O)CCCc5ccc(N(CCCl)CCCl)cc5)CC[C@]4(C)[C@H]3C[C@H](O)[C@]12C. The minimum Gasteiger partial charge on any atom is -0.393 e. The third-order valence-electron chi connectivity index (χ3n) is 14.6. The highest BCUT2D eigenvalue weighted by Gasteiger charge is 2.63. The number of amides is 2. The van der Waals surface area contributed by atoms with E-state index in [1.807, 2.05) is 0 Å². The number of carbonyl (C=O) groups excluding carboxylic acids is 2. The lowest BCUT2D eigenvalue weighted by Gasteiger charge is -2.62. The number of hydrogen-bond donors (Lipinski definition) is 4. The van der Waals surface area contributed by atoms with Crippen molar-refractivity contribution in [3.63, 3.8) is 0 Å². The van der Waals surface area contributed by atoms with Crippen molar-refractivity contribution >= 4 is 50.8 Å². The molecule has 4 N–H and O–H groups in total. The summed E-state index contributed by atoms with van der Waals surface area (Å²) in [5, 5.41) is 17.6. The summed E-state index contributed by atoms with van der Waals surface area (Å²) in [5.74, 6) is 3.26. The number of ether oxygens (including phenoxy) is 1. The van der Waals surface area contributed by atoms with Crippen LogP contribution in [-0.4, -0.2) is 92.4 Å². The molecule has 312 valence electrons. The van der Waals surface area contributed by atoms with E-state index >= 15 is 0 Å². The Balaban J connectivity index is 1.02. The standard InChI is InChI=1S/C42H67Cl2N3O7S/c1-29(7-16-40(50)46-22-26-55(51,52)53)35-14-15-36-34-13-10-31-27-33(17-18-41(31,2)37(34)28-38(48)42(35,36)3)54-25-21-45-39(49)6-4-5-30-8-11-32(12-9-30)47(23-19-43)24-20-44/h8-9,11-12,29,31,33-38,48H,4-7,10,13-28H2,1-3H3,(H,45,49)(H,46,50)(H,51,52,53)/t29?,31-,33+,34+,35?,36+,37+,38+,41+,42-/m1/s1. The van der Waals surface area contributed by atoms with Crippen LogP contribution in [0.1, 0.15) is 103 Å². The number of halogens is 2.